The Morgan fingerprint density at radius 1 is 1.07 bits per heavy atom. The molecule has 5 rings (SSSR count). The number of amides is 2. The number of aromatic nitrogens is 3. The van der Waals surface area contributed by atoms with Crippen LogP contribution in [-0.2, 0) is 25.4 Å². The maximum absolute atomic E-state index is 13.1. The van der Waals surface area contributed by atoms with E-state index < -0.39 is 17.2 Å². The molecule has 1 saturated heterocycles. The molecule has 1 aliphatic rings. The Balaban J connectivity index is 1.37. The van der Waals surface area contributed by atoms with Crippen molar-refractivity contribution in [2.75, 3.05) is 19.0 Å². The monoisotopic (exact) mass is 644 g/mol. The maximum atomic E-state index is 13.1. The number of methoxy groups -OCH3 is 1. The largest absolute Gasteiger partial charge is 0.481 e. The lowest BCUT2D eigenvalue weighted by molar-refractivity contribution is -0.126. The molecule has 0 unspecified atom stereocenters. The van der Waals surface area contributed by atoms with Crippen molar-refractivity contribution in [2.24, 2.45) is 19.5 Å². The zero-order valence-electron chi connectivity index (χ0n) is 26.7. The van der Waals surface area contributed by atoms with Gasteiger partial charge in [0.05, 0.1) is 17.8 Å². The molecule has 0 aliphatic carbocycles. The van der Waals surface area contributed by atoms with Crippen molar-refractivity contribution in [3.8, 4) is 28.3 Å². The number of hydrogen-bond donors (Lipinski definition) is 3. The first-order valence-electron chi connectivity index (χ1n) is 14.8. The molecule has 1 atom stereocenters. The Labute approximate surface area is 271 Å². The summed E-state index contributed by atoms with van der Waals surface area (Å²) in [5.41, 5.74) is 3.25. The highest BCUT2D eigenvalue weighted by Gasteiger charge is 2.38. The van der Waals surface area contributed by atoms with E-state index in [0.29, 0.717) is 40.9 Å². The van der Waals surface area contributed by atoms with Gasteiger partial charge in [-0.2, -0.15) is 0 Å². The third-order valence-corrected chi connectivity index (χ3v) is 8.79. The van der Waals surface area contributed by atoms with Crippen LogP contribution in [0.25, 0.3) is 22.4 Å². The minimum atomic E-state index is -0.679. The van der Waals surface area contributed by atoms with E-state index in [2.05, 4.69) is 16.0 Å². The van der Waals surface area contributed by atoms with Crippen molar-refractivity contribution in [2.45, 2.75) is 39.8 Å². The van der Waals surface area contributed by atoms with Crippen molar-refractivity contribution < 1.29 is 14.3 Å². The van der Waals surface area contributed by atoms with Gasteiger partial charge in [-0.05, 0) is 36.6 Å². The molecule has 2 amide bonds. The molecule has 0 saturated carbocycles. The second-order valence-electron chi connectivity index (χ2n) is 12.2. The van der Waals surface area contributed by atoms with Gasteiger partial charge >= 0.3 is 5.69 Å². The fraction of sp³-hybridized carbons (Fsp3) is 0.324. The summed E-state index contributed by atoms with van der Waals surface area (Å²) in [6, 6.07) is 15.0. The molecule has 46 heavy (non-hydrogen) atoms. The van der Waals surface area contributed by atoms with Crippen LogP contribution in [0.1, 0.15) is 41.8 Å². The van der Waals surface area contributed by atoms with E-state index in [0.717, 1.165) is 33.2 Å². The lowest BCUT2D eigenvalue weighted by Crippen LogP contribution is -2.40. The van der Waals surface area contributed by atoms with E-state index in [1.807, 2.05) is 57.2 Å². The number of nitrogens with zero attached hydrogens (tertiary/aromatic N) is 3. The number of anilines is 1. The number of rotatable bonds is 9. The van der Waals surface area contributed by atoms with E-state index in [4.69, 9.17) is 21.3 Å². The number of carbonyl (C=O) groups excluding carboxylic acids is 2. The number of aryl methyl sites for hydroxylation is 1. The zero-order chi connectivity index (χ0) is 33.3. The first-order valence-corrected chi connectivity index (χ1v) is 15.2. The lowest BCUT2D eigenvalue weighted by Gasteiger charge is -2.17. The van der Waals surface area contributed by atoms with Crippen molar-refractivity contribution in [3.63, 3.8) is 0 Å². The van der Waals surface area contributed by atoms with Gasteiger partial charge in [-0.3, -0.25) is 19.0 Å². The van der Waals surface area contributed by atoms with Gasteiger partial charge in [0.1, 0.15) is 5.56 Å². The van der Waals surface area contributed by atoms with E-state index in [1.165, 1.54) is 24.9 Å². The number of ether oxygens (including phenoxy) is 1. The van der Waals surface area contributed by atoms with Crippen molar-refractivity contribution in [1.29, 1.82) is 0 Å². The predicted molar refractivity (Wildman–Crippen MR) is 178 cm³/mol. The molecule has 3 heterocycles. The third-order valence-electron chi connectivity index (χ3n) is 8.38. The molecular formula is C34H37ClN6O5. The minimum absolute atomic E-state index is 0.0680. The molecule has 3 N–H and O–H groups in total. The van der Waals surface area contributed by atoms with Gasteiger partial charge < -0.3 is 25.3 Å². The van der Waals surface area contributed by atoms with Crippen LogP contribution in [0, 0.1) is 12.3 Å². The van der Waals surface area contributed by atoms with Crippen LogP contribution in [0.5, 0.6) is 5.88 Å². The number of benzene rings is 2. The molecule has 1 fully saturated rings. The standard InChI is InChI=1S/C34H37ClN6O5/c1-19-22(9-8-12-26(19)38-29(42)25-18-40(4)33(45)41(5)31(25)43)23-10-7-11-24(28(23)35)27-14-13-20(30(39-27)46-6)16-36-17-21-15-34(2,3)32(44)37-21/h7-14,18,21,36H,15-17H2,1-6H3,(H,37,44)(H,38,42)/t21-/m0/s1. The Hall–Kier alpha value is -4.74. The van der Waals surface area contributed by atoms with Crippen LogP contribution in [0.2, 0.25) is 5.02 Å². The van der Waals surface area contributed by atoms with Gasteiger partial charge in [-0.1, -0.05) is 61.8 Å². The zero-order valence-corrected chi connectivity index (χ0v) is 27.4. The summed E-state index contributed by atoms with van der Waals surface area (Å²) in [4.78, 5) is 54.6. The molecule has 2 aromatic heterocycles. The molecule has 11 nitrogen and oxygen atoms in total. The second-order valence-corrected chi connectivity index (χ2v) is 12.5. The Morgan fingerprint density at radius 2 is 1.76 bits per heavy atom. The lowest BCUT2D eigenvalue weighted by atomic mass is 9.90. The number of hydrogen-bond acceptors (Lipinski definition) is 7. The summed E-state index contributed by atoms with van der Waals surface area (Å²) >= 11 is 7.01. The summed E-state index contributed by atoms with van der Waals surface area (Å²) in [7, 11) is 4.38. The fourth-order valence-corrected chi connectivity index (χ4v) is 6.05. The van der Waals surface area contributed by atoms with Gasteiger partial charge in [0.15, 0.2) is 0 Å². The summed E-state index contributed by atoms with van der Waals surface area (Å²) < 4.78 is 7.71. The van der Waals surface area contributed by atoms with Crippen LogP contribution in [0.4, 0.5) is 5.69 Å². The summed E-state index contributed by atoms with van der Waals surface area (Å²) in [6.07, 6.45) is 2.00. The van der Waals surface area contributed by atoms with E-state index in [9.17, 15) is 19.2 Å². The Morgan fingerprint density at radius 3 is 2.46 bits per heavy atom. The SMILES string of the molecule is COc1nc(-c2cccc(-c3cccc(NC(=O)c4cn(C)c(=O)n(C)c4=O)c3C)c2Cl)ccc1CNC[C@@H]1CC(C)(C)C(=O)N1. The molecule has 0 radical (unpaired) electrons. The third kappa shape index (κ3) is 6.33. The molecular weight excluding hydrogens is 608 g/mol. The predicted octanol–water partition coefficient (Wildman–Crippen LogP) is 4.04. The van der Waals surface area contributed by atoms with E-state index >= 15 is 0 Å². The fourth-order valence-electron chi connectivity index (χ4n) is 5.73. The van der Waals surface area contributed by atoms with Crippen LogP contribution < -0.4 is 31.9 Å². The van der Waals surface area contributed by atoms with Crippen LogP contribution in [-0.4, -0.2) is 45.6 Å². The summed E-state index contributed by atoms with van der Waals surface area (Å²) in [5, 5.41) is 9.72. The highest BCUT2D eigenvalue weighted by atomic mass is 35.5. The van der Waals surface area contributed by atoms with Crippen molar-refractivity contribution in [3.05, 3.63) is 97.3 Å². The first-order chi connectivity index (χ1) is 21.8. The van der Waals surface area contributed by atoms with Crippen LogP contribution in [0.15, 0.2) is 64.3 Å². The maximum Gasteiger partial charge on any atom is 0.330 e. The second kappa shape index (κ2) is 12.9. The van der Waals surface area contributed by atoms with Crippen molar-refractivity contribution >= 4 is 29.1 Å². The van der Waals surface area contributed by atoms with Crippen molar-refractivity contribution in [1.82, 2.24) is 24.8 Å². The smallest absolute Gasteiger partial charge is 0.330 e. The van der Waals surface area contributed by atoms with Crippen LogP contribution >= 0.6 is 11.6 Å². The highest BCUT2D eigenvalue weighted by molar-refractivity contribution is 6.36. The summed E-state index contributed by atoms with van der Waals surface area (Å²) in [6.45, 7) is 6.90. The number of halogens is 1. The number of carbonyl (C=O) groups is 2. The average Bonchev–Trinajstić information content (AvgIpc) is 3.29. The van der Waals surface area contributed by atoms with E-state index in [-0.39, 0.29) is 22.9 Å². The molecule has 4 aromatic rings. The molecule has 12 heteroatoms. The van der Waals surface area contributed by atoms with Gasteiger partial charge in [0, 0.05) is 67.2 Å². The molecule has 0 spiro atoms. The Bertz CT molecular complexity index is 1960. The quantitative estimate of drug-likeness (QED) is 0.250. The molecule has 0 bridgehead atoms. The Kier molecular flexibility index (Phi) is 9.18. The average molecular weight is 645 g/mol. The first kappa shape index (κ1) is 32.6. The van der Waals surface area contributed by atoms with E-state index in [1.54, 1.807) is 19.2 Å². The number of pyridine rings is 1. The number of nitrogens with one attached hydrogen (secondary N) is 3. The van der Waals surface area contributed by atoms with Gasteiger partial charge in [-0.25, -0.2) is 9.78 Å². The normalized spacial score (nSPS) is 15.5. The minimum Gasteiger partial charge on any atom is -0.481 e. The molecule has 240 valence electrons. The molecule has 1 aliphatic heterocycles. The highest BCUT2D eigenvalue weighted by Crippen LogP contribution is 2.39. The van der Waals surface area contributed by atoms with Crippen LogP contribution in [0.3, 0.4) is 0 Å². The van der Waals surface area contributed by atoms with Gasteiger partial charge in [-0.15, -0.1) is 0 Å². The molecule has 2 aromatic carbocycles. The van der Waals surface area contributed by atoms with Gasteiger partial charge in [0.25, 0.3) is 11.5 Å². The topological polar surface area (TPSA) is 136 Å². The van der Waals surface area contributed by atoms with Gasteiger partial charge in [0.2, 0.25) is 11.8 Å². The summed E-state index contributed by atoms with van der Waals surface area (Å²) in [5.74, 6) is -0.0891.